The smallest absolute Gasteiger partial charge is 0.410 e. The van der Waals surface area contributed by atoms with E-state index in [-0.39, 0.29) is 12.0 Å². The Hall–Kier alpha value is -5.89. The quantitative estimate of drug-likeness (QED) is 0.176. The molecule has 310 valence electrons. The highest BCUT2D eigenvalue weighted by Crippen LogP contribution is 2.41. The van der Waals surface area contributed by atoms with Crippen LogP contribution in [0.5, 0.6) is 0 Å². The summed E-state index contributed by atoms with van der Waals surface area (Å²) >= 11 is 0. The second-order valence-corrected chi connectivity index (χ2v) is 18.0. The first-order chi connectivity index (χ1) is 28.9. The zero-order valence-electron chi connectivity index (χ0n) is 35.4. The van der Waals surface area contributed by atoms with Crippen molar-refractivity contribution in [2.45, 2.75) is 97.2 Å². The predicted octanol–water partition coefficient (Wildman–Crippen LogP) is 8.82. The highest BCUT2D eigenvalue weighted by atomic mass is 16.6. The van der Waals surface area contributed by atoms with Crippen LogP contribution in [0.3, 0.4) is 0 Å². The molecule has 2 heterocycles. The molecule has 0 saturated carbocycles. The van der Waals surface area contributed by atoms with Crippen molar-refractivity contribution in [3.05, 3.63) is 146 Å². The van der Waals surface area contributed by atoms with Gasteiger partial charge in [-0.05, 0) is 157 Å². The number of nitrogens with one attached hydrogen (secondary N) is 1. The Labute approximate surface area is 353 Å². The molecule has 2 aliphatic heterocycles. The topological polar surface area (TPSA) is 99.2 Å². The molecule has 2 aliphatic carbocycles. The van der Waals surface area contributed by atoms with Crippen molar-refractivity contribution in [2.75, 3.05) is 18.4 Å². The molecule has 8 heteroatoms. The number of nitrogens with zero attached hydrogens (tertiary/aromatic N) is 2. The number of carboxylic acid groups (broad SMARTS) is 1. The molecule has 0 spiro atoms. The first-order valence-corrected chi connectivity index (χ1v) is 21.6. The van der Waals surface area contributed by atoms with Crippen LogP contribution in [0.1, 0.15) is 94.0 Å². The van der Waals surface area contributed by atoms with Gasteiger partial charge in [0.15, 0.2) is 0 Å². The van der Waals surface area contributed by atoms with Crippen molar-refractivity contribution in [1.82, 2.24) is 9.80 Å². The summed E-state index contributed by atoms with van der Waals surface area (Å²) < 4.78 is 5.56. The number of allylic oxidation sites excluding steroid dienone is 1. The standard InChI is InChI=1S/C52H57N3O5/c1-51(2,3)60-50(59)54-30-27-36(28-31-54)15-8-9-16-37-21-23-40-38(33-37)22-24-43-41-18-12-19-45(44(41)26-25-42(40)43)52(4,49(57)58)47-48(56)55(32-29-35-13-6-5-7-14-35)34-39-17-10-11-20-46(39)53-47/h5-7,9-11,13-14,16-17,20-23,25-26,29,32-33,36,47,53H,8,12,15,18-19,24,27-28,30-31,34H2,1-4H3,(H,57,58)/b16-9-,32-29?. The van der Waals surface area contributed by atoms with Crippen molar-refractivity contribution in [2.24, 2.45) is 11.3 Å². The van der Waals surface area contributed by atoms with Crippen LogP contribution in [-0.2, 0) is 33.7 Å². The first-order valence-electron chi connectivity index (χ1n) is 21.6. The largest absolute Gasteiger partial charge is 0.481 e. The van der Waals surface area contributed by atoms with Crippen LogP contribution >= 0.6 is 0 Å². The van der Waals surface area contributed by atoms with Crippen molar-refractivity contribution in [3.8, 4) is 0 Å². The lowest BCUT2D eigenvalue weighted by Gasteiger charge is -2.38. The van der Waals surface area contributed by atoms with Crippen LogP contribution < -0.4 is 15.8 Å². The third-order valence-electron chi connectivity index (χ3n) is 12.9. The summed E-state index contributed by atoms with van der Waals surface area (Å²) in [7, 11) is 0. The molecule has 4 aromatic rings. The Balaban J connectivity index is 1.06. The molecular formula is C52H57N3O5. The number of fused-ring (bicyclic) bond motifs is 5. The second kappa shape index (κ2) is 17.0. The van der Waals surface area contributed by atoms with E-state index in [0.717, 1.165) is 85.6 Å². The van der Waals surface area contributed by atoms with Gasteiger partial charge in [0.25, 0.3) is 5.91 Å². The third kappa shape index (κ3) is 8.43. The summed E-state index contributed by atoms with van der Waals surface area (Å²) in [6, 6.07) is 27.6. The van der Waals surface area contributed by atoms with Crippen molar-refractivity contribution < 1.29 is 24.2 Å². The van der Waals surface area contributed by atoms with Crippen LogP contribution in [0, 0.1) is 21.8 Å². The minimum Gasteiger partial charge on any atom is -0.481 e. The number of carbonyl (C=O) groups excluding carboxylic acids is 2. The zero-order chi connectivity index (χ0) is 42.0. The molecule has 2 atom stereocenters. The molecule has 0 aromatic heterocycles. The number of amides is 2. The third-order valence-corrected chi connectivity index (χ3v) is 12.9. The van der Waals surface area contributed by atoms with Gasteiger partial charge in [-0.15, -0.1) is 0 Å². The molecule has 2 unspecified atom stereocenters. The molecule has 4 aliphatic rings. The van der Waals surface area contributed by atoms with E-state index < -0.39 is 23.0 Å². The van der Waals surface area contributed by atoms with Gasteiger partial charge in [-0.25, -0.2) is 4.79 Å². The van der Waals surface area contributed by atoms with E-state index in [1.54, 1.807) is 18.0 Å². The van der Waals surface area contributed by atoms with Crippen LogP contribution in [0.2, 0.25) is 0 Å². The number of benzene rings is 4. The Morgan fingerprint density at radius 1 is 0.850 bits per heavy atom. The molecule has 0 bridgehead atoms. The van der Waals surface area contributed by atoms with E-state index in [9.17, 15) is 19.5 Å². The minimum atomic E-state index is -1.52. The fraction of sp³-hybridized carbons (Fsp3) is 0.365. The number of hydrogen-bond acceptors (Lipinski definition) is 5. The van der Waals surface area contributed by atoms with Crippen LogP contribution in [0.15, 0.2) is 97.2 Å². The van der Waals surface area contributed by atoms with Crippen LogP contribution in [0.25, 0.3) is 23.8 Å². The van der Waals surface area contributed by atoms with Gasteiger partial charge in [-0.2, -0.15) is 0 Å². The Kier molecular flexibility index (Phi) is 11.6. The Bertz CT molecular complexity index is 2580. The number of likely N-dealkylation sites (tertiary alicyclic amines) is 1. The van der Waals surface area contributed by atoms with Crippen molar-refractivity contribution >= 4 is 47.5 Å². The minimum absolute atomic E-state index is 0.205. The van der Waals surface area contributed by atoms with Crippen LogP contribution in [0.4, 0.5) is 10.5 Å². The fourth-order valence-corrected chi connectivity index (χ4v) is 9.58. The average molecular weight is 804 g/mol. The Morgan fingerprint density at radius 3 is 2.35 bits per heavy atom. The van der Waals surface area contributed by atoms with Crippen LogP contribution in [-0.4, -0.2) is 57.6 Å². The number of rotatable bonds is 9. The monoisotopic (exact) mass is 803 g/mol. The summed E-state index contributed by atoms with van der Waals surface area (Å²) in [5.41, 5.74) is 5.11. The van der Waals surface area contributed by atoms with E-state index in [4.69, 9.17) is 4.74 Å². The molecule has 8 nitrogen and oxygen atoms in total. The average Bonchev–Trinajstić information content (AvgIpc) is 3.39. The van der Waals surface area contributed by atoms with E-state index in [1.165, 1.54) is 32.3 Å². The van der Waals surface area contributed by atoms with Crippen molar-refractivity contribution in [1.29, 1.82) is 0 Å². The van der Waals surface area contributed by atoms with Gasteiger partial charge in [0.05, 0.1) is 6.54 Å². The first kappa shape index (κ1) is 40.9. The predicted molar refractivity (Wildman–Crippen MR) is 239 cm³/mol. The molecule has 2 amide bonds. The van der Waals surface area contributed by atoms with Gasteiger partial charge in [0.1, 0.15) is 17.1 Å². The number of carbonyl (C=O) groups is 3. The summed E-state index contributed by atoms with van der Waals surface area (Å²) in [5.74, 6) is -0.675. The molecule has 1 fully saturated rings. The number of piperidine rings is 1. The number of para-hydroxylation sites is 1. The number of ether oxygens (including phenoxy) is 1. The van der Waals surface area contributed by atoms with Crippen molar-refractivity contribution in [3.63, 3.8) is 0 Å². The van der Waals surface area contributed by atoms with Gasteiger partial charge in [0.2, 0.25) is 0 Å². The maximum Gasteiger partial charge on any atom is 0.410 e. The molecule has 2 N–H and O–H groups in total. The number of anilines is 1. The zero-order valence-corrected chi connectivity index (χ0v) is 35.4. The number of carboxylic acids is 1. The van der Waals surface area contributed by atoms with Gasteiger partial charge < -0.3 is 25.0 Å². The molecule has 60 heavy (non-hydrogen) atoms. The SMILES string of the molecule is CC(C)(C)OC(=O)N1CCC(CC/C=C\c2ccc3c(c2)=CCc2c4c(ccc2=3)=C(C(C)(C(=O)O)C2Nc3ccccc3CN(C=Cc3ccccc3)C2=O)CCC4)CC1. The second-order valence-electron chi connectivity index (χ2n) is 18.0. The molecule has 1 saturated heterocycles. The van der Waals surface area contributed by atoms with E-state index in [2.05, 4.69) is 53.9 Å². The molecule has 0 radical (unpaired) electrons. The lowest BCUT2D eigenvalue weighted by atomic mass is 9.69. The normalized spacial score (nSPS) is 19.0. The summed E-state index contributed by atoms with van der Waals surface area (Å²) in [5, 5.41) is 19.3. The fourth-order valence-electron chi connectivity index (χ4n) is 9.58. The van der Waals surface area contributed by atoms with Gasteiger partial charge in [-0.3, -0.25) is 9.59 Å². The lowest BCUT2D eigenvalue weighted by Crippen LogP contribution is -2.54. The summed E-state index contributed by atoms with van der Waals surface area (Å²) in [6.07, 6.45) is 17.5. The molecule has 4 aromatic carbocycles. The summed E-state index contributed by atoms with van der Waals surface area (Å²) in [6.45, 7) is 9.31. The van der Waals surface area contributed by atoms with Gasteiger partial charge >= 0.3 is 12.1 Å². The lowest BCUT2D eigenvalue weighted by molar-refractivity contribution is -0.149. The maximum absolute atomic E-state index is 14.7. The van der Waals surface area contributed by atoms with E-state index in [0.29, 0.717) is 18.9 Å². The highest BCUT2D eigenvalue weighted by molar-refractivity contribution is 6.00. The van der Waals surface area contributed by atoms with Gasteiger partial charge in [0, 0.05) is 25.0 Å². The molecular weight excluding hydrogens is 747 g/mol. The Morgan fingerprint density at radius 2 is 1.58 bits per heavy atom. The van der Waals surface area contributed by atoms with E-state index in [1.807, 2.05) is 86.3 Å². The maximum atomic E-state index is 14.7. The molecule has 8 rings (SSSR count). The number of hydrogen-bond donors (Lipinski definition) is 2. The highest BCUT2D eigenvalue weighted by Gasteiger charge is 2.51. The van der Waals surface area contributed by atoms with Gasteiger partial charge in [-0.1, -0.05) is 91.0 Å². The number of aliphatic carboxylic acids is 1. The summed E-state index contributed by atoms with van der Waals surface area (Å²) in [4.78, 5) is 44.4. The van der Waals surface area contributed by atoms with E-state index >= 15 is 0 Å².